The van der Waals surface area contributed by atoms with Gasteiger partial charge in [-0.3, -0.25) is 0 Å². The summed E-state index contributed by atoms with van der Waals surface area (Å²) < 4.78 is 5.13. The van der Waals surface area contributed by atoms with Gasteiger partial charge in [0.2, 0.25) is 0 Å². The Kier molecular flexibility index (Phi) is 80.7. The molecule has 0 aliphatic carbocycles. The van der Waals surface area contributed by atoms with Crippen molar-refractivity contribution in [3.63, 3.8) is 0 Å². The predicted molar refractivity (Wildman–Crippen MR) is 121 cm³/mol. The van der Waals surface area contributed by atoms with Crippen molar-refractivity contribution in [2.24, 2.45) is 0 Å². The topological polar surface area (TPSA) is 33.3 Å². The minimum atomic E-state index is 0.924. The molecule has 0 unspecified atom stereocenters. The number of hydrogen-bond donors (Lipinski definition) is 2. The molecule has 0 spiro atoms. The number of rotatable bonds is 12. The molecule has 25 heavy (non-hydrogen) atoms. The Balaban J connectivity index is -0.0000000730. The normalized spacial score (nSPS) is 8.32. The summed E-state index contributed by atoms with van der Waals surface area (Å²) in [6, 6.07) is 0. The number of likely N-dealkylation sites (N-methyl/N-ethyl adjacent to an activating group) is 2. The van der Waals surface area contributed by atoms with Crippen LogP contribution in [0.15, 0.2) is 13.2 Å². The van der Waals surface area contributed by atoms with Crippen molar-refractivity contribution in [2.75, 3.05) is 40.4 Å². The first kappa shape index (κ1) is 35.7. The smallest absolute Gasteiger partial charge is 0.0463 e. The summed E-state index contributed by atoms with van der Waals surface area (Å²) in [6.45, 7) is 22.7. The summed E-state index contributed by atoms with van der Waals surface area (Å²) >= 11 is 0. The fourth-order valence-electron chi connectivity index (χ4n) is 1.49. The highest BCUT2D eigenvalue weighted by Gasteiger charge is 1.83. The van der Waals surface area contributed by atoms with Gasteiger partial charge in [0.1, 0.15) is 0 Å². The van der Waals surface area contributed by atoms with E-state index in [2.05, 4.69) is 51.5 Å². The van der Waals surface area contributed by atoms with Crippen molar-refractivity contribution >= 4 is 0 Å². The number of ether oxygens (including phenoxy) is 1. The first-order chi connectivity index (χ1) is 12.2. The molecular weight excluding hydrogens is 308 g/mol. The molecular formula is C22H54N2O. The van der Waals surface area contributed by atoms with Crippen molar-refractivity contribution in [1.82, 2.24) is 10.6 Å². The van der Waals surface area contributed by atoms with Gasteiger partial charge in [-0.25, -0.2) is 0 Å². The molecule has 0 aromatic rings. The number of nitrogens with one attached hydrogen (secondary N) is 2. The van der Waals surface area contributed by atoms with Crippen LogP contribution in [0.25, 0.3) is 0 Å². The molecule has 0 bridgehead atoms. The van der Waals surface area contributed by atoms with E-state index in [0.29, 0.717) is 0 Å². The summed E-state index contributed by atoms with van der Waals surface area (Å²) in [6.07, 6.45) is 10.8. The van der Waals surface area contributed by atoms with E-state index in [1.54, 1.807) is 0 Å². The summed E-state index contributed by atoms with van der Waals surface area (Å²) in [4.78, 5) is 0. The van der Waals surface area contributed by atoms with E-state index < -0.39 is 0 Å². The second-order valence-electron chi connectivity index (χ2n) is 5.23. The van der Waals surface area contributed by atoms with Crippen LogP contribution in [0.5, 0.6) is 0 Å². The molecule has 3 heteroatoms. The van der Waals surface area contributed by atoms with Crippen molar-refractivity contribution in [1.29, 1.82) is 0 Å². The largest absolute Gasteiger partial charge is 0.381 e. The van der Waals surface area contributed by atoms with E-state index >= 15 is 0 Å². The highest BCUT2D eigenvalue weighted by molar-refractivity contribution is 4.39. The van der Waals surface area contributed by atoms with Gasteiger partial charge in [0.25, 0.3) is 0 Å². The molecule has 158 valence electrons. The molecule has 0 aromatic heterocycles. The summed E-state index contributed by atoms with van der Waals surface area (Å²) in [5.74, 6) is 0. The molecule has 0 saturated carbocycles. The maximum Gasteiger partial charge on any atom is 0.0463 e. The molecule has 0 rings (SSSR count). The Bertz CT molecular complexity index is 130. The molecule has 0 atom stereocenters. The quantitative estimate of drug-likeness (QED) is 0.309. The van der Waals surface area contributed by atoms with Crippen LogP contribution in [-0.4, -0.2) is 40.4 Å². The fraction of sp³-hybridized carbons (Fsp3) is 0.909. The minimum absolute atomic E-state index is 0.924. The van der Waals surface area contributed by atoms with Crippen LogP contribution in [-0.2, 0) is 4.74 Å². The fourth-order valence-corrected chi connectivity index (χ4v) is 1.49. The lowest BCUT2D eigenvalue weighted by Gasteiger charge is -1.95. The molecule has 0 aliphatic rings. The minimum Gasteiger partial charge on any atom is -0.381 e. The maximum atomic E-state index is 5.13. The number of unbranched alkanes of at least 4 members (excludes halogenated alkanes) is 5. The lowest BCUT2D eigenvalue weighted by Crippen LogP contribution is -2.21. The Morgan fingerprint density at radius 3 is 1.12 bits per heavy atom. The second kappa shape index (κ2) is 56.5. The third-order valence-electron chi connectivity index (χ3n) is 2.78. The standard InChI is InChI=1S/C8H18.C6H14O.C4H12N2.C2H6.C2H4/c1-3-5-7-8-6-4-2;1-3-5-7-6-4-2;1-5-3-4-6-2;2*1-2/h3-8H2,1-2H3;3-6H2,1-2H3;5-6H,3-4H2,1-2H3;1-2H3;1-2H2. The third-order valence-corrected chi connectivity index (χ3v) is 2.78. The molecule has 0 amide bonds. The van der Waals surface area contributed by atoms with Gasteiger partial charge >= 0.3 is 0 Å². The Morgan fingerprint density at radius 2 is 0.920 bits per heavy atom. The molecule has 0 heterocycles. The lowest BCUT2D eigenvalue weighted by atomic mass is 10.1. The molecule has 0 radical (unpaired) electrons. The summed E-state index contributed by atoms with van der Waals surface area (Å²) in [5, 5.41) is 6.01. The monoisotopic (exact) mass is 362 g/mol. The van der Waals surface area contributed by atoms with Crippen LogP contribution in [0.3, 0.4) is 0 Å². The predicted octanol–water partition coefficient (Wildman–Crippen LogP) is 6.44. The van der Waals surface area contributed by atoms with Gasteiger partial charge in [0, 0.05) is 26.3 Å². The molecule has 0 saturated heterocycles. The van der Waals surface area contributed by atoms with Gasteiger partial charge in [-0.2, -0.15) is 0 Å². The molecule has 0 aromatic carbocycles. The van der Waals surface area contributed by atoms with Crippen molar-refractivity contribution < 1.29 is 4.74 Å². The molecule has 0 fully saturated rings. The maximum absolute atomic E-state index is 5.13. The summed E-state index contributed by atoms with van der Waals surface area (Å²) in [7, 11) is 3.88. The van der Waals surface area contributed by atoms with Crippen LogP contribution in [0.2, 0.25) is 0 Å². The van der Waals surface area contributed by atoms with Crippen molar-refractivity contribution in [3.8, 4) is 0 Å². The van der Waals surface area contributed by atoms with E-state index in [0.717, 1.165) is 39.1 Å². The van der Waals surface area contributed by atoms with Gasteiger partial charge in [0.15, 0.2) is 0 Å². The van der Waals surface area contributed by atoms with E-state index in [1.165, 1.54) is 38.5 Å². The Hall–Kier alpha value is -0.380. The van der Waals surface area contributed by atoms with E-state index in [4.69, 9.17) is 4.74 Å². The van der Waals surface area contributed by atoms with Gasteiger partial charge in [-0.15, -0.1) is 13.2 Å². The van der Waals surface area contributed by atoms with E-state index in [1.807, 2.05) is 27.9 Å². The highest BCUT2D eigenvalue weighted by Crippen LogP contribution is 2.03. The van der Waals surface area contributed by atoms with Crippen LogP contribution in [0.1, 0.15) is 92.9 Å². The molecule has 3 nitrogen and oxygen atoms in total. The van der Waals surface area contributed by atoms with Crippen LogP contribution < -0.4 is 10.6 Å². The zero-order valence-corrected chi connectivity index (χ0v) is 19.3. The van der Waals surface area contributed by atoms with Crippen molar-refractivity contribution in [2.45, 2.75) is 92.9 Å². The van der Waals surface area contributed by atoms with Crippen LogP contribution >= 0.6 is 0 Å². The van der Waals surface area contributed by atoms with Crippen LogP contribution in [0, 0.1) is 0 Å². The SMILES string of the molecule is C=C.CC.CCCCCCCC.CCCOCCC.CNCCNC. The summed E-state index contributed by atoms with van der Waals surface area (Å²) in [5.41, 5.74) is 0. The van der Waals surface area contributed by atoms with Gasteiger partial charge < -0.3 is 15.4 Å². The number of hydrogen-bond acceptors (Lipinski definition) is 3. The van der Waals surface area contributed by atoms with E-state index in [9.17, 15) is 0 Å². The average molecular weight is 363 g/mol. The first-order valence-electron chi connectivity index (χ1n) is 10.6. The van der Waals surface area contributed by atoms with E-state index in [-0.39, 0.29) is 0 Å². The molecule has 2 N–H and O–H groups in total. The Labute approximate surface area is 162 Å². The Morgan fingerprint density at radius 1 is 0.600 bits per heavy atom. The zero-order chi connectivity index (χ0) is 20.6. The average Bonchev–Trinajstić information content (AvgIpc) is 2.68. The van der Waals surface area contributed by atoms with Crippen LogP contribution in [0.4, 0.5) is 0 Å². The van der Waals surface area contributed by atoms with Gasteiger partial charge in [-0.05, 0) is 26.9 Å². The van der Waals surface area contributed by atoms with Gasteiger partial charge in [0.05, 0.1) is 0 Å². The zero-order valence-electron chi connectivity index (χ0n) is 19.3. The highest BCUT2D eigenvalue weighted by atomic mass is 16.5. The molecule has 0 aliphatic heterocycles. The third kappa shape index (κ3) is 81.8. The first-order valence-corrected chi connectivity index (χ1v) is 10.6. The lowest BCUT2D eigenvalue weighted by molar-refractivity contribution is 0.135. The van der Waals surface area contributed by atoms with Gasteiger partial charge in [-0.1, -0.05) is 80.1 Å². The second-order valence-corrected chi connectivity index (χ2v) is 5.23. The van der Waals surface area contributed by atoms with Crippen molar-refractivity contribution in [3.05, 3.63) is 13.2 Å².